The predicted octanol–water partition coefficient (Wildman–Crippen LogP) is 3.24. The first-order chi connectivity index (χ1) is 9.65. The van der Waals surface area contributed by atoms with Crippen LogP contribution in [0.25, 0.3) is 0 Å². The number of aromatic nitrogens is 1. The number of hydrogen-bond donors (Lipinski definition) is 1. The van der Waals surface area contributed by atoms with Crippen molar-refractivity contribution in [1.82, 2.24) is 10.3 Å². The maximum absolute atomic E-state index is 13.0. The minimum atomic E-state index is -0.324. The Balaban J connectivity index is 2.40. The van der Waals surface area contributed by atoms with Crippen LogP contribution in [-0.2, 0) is 0 Å². The number of halogens is 1. The molecule has 1 N–H and O–H groups in total. The Hall–Kier alpha value is -1.94. The van der Waals surface area contributed by atoms with Gasteiger partial charge in [-0.3, -0.25) is 4.98 Å². The van der Waals surface area contributed by atoms with E-state index in [1.54, 1.807) is 13.2 Å². The number of methoxy groups -OCH3 is 1. The Morgan fingerprint density at radius 3 is 2.65 bits per heavy atom. The molecule has 0 aliphatic rings. The fourth-order valence-electron chi connectivity index (χ4n) is 2.24. The Bertz CT molecular complexity index is 569. The highest BCUT2D eigenvalue weighted by atomic mass is 19.1. The predicted molar refractivity (Wildman–Crippen MR) is 77.4 cm³/mol. The van der Waals surface area contributed by atoms with E-state index in [1.165, 1.54) is 12.3 Å². The van der Waals surface area contributed by atoms with Crippen molar-refractivity contribution < 1.29 is 9.13 Å². The van der Waals surface area contributed by atoms with Crippen LogP contribution < -0.4 is 10.1 Å². The molecule has 2 rings (SSSR count). The van der Waals surface area contributed by atoms with Gasteiger partial charge in [0.25, 0.3) is 0 Å². The van der Waals surface area contributed by atoms with Crippen molar-refractivity contribution in [3.8, 4) is 5.75 Å². The molecule has 0 spiro atoms. The van der Waals surface area contributed by atoms with Crippen LogP contribution in [0.4, 0.5) is 4.39 Å². The third-order valence-corrected chi connectivity index (χ3v) is 3.24. The monoisotopic (exact) mass is 274 g/mol. The molecule has 1 aromatic heterocycles. The quantitative estimate of drug-likeness (QED) is 0.909. The van der Waals surface area contributed by atoms with Gasteiger partial charge in [-0.15, -0.1) is 0 Å². The number of hydrogen-bond acceptors (Lipinski definition) is 3. The first-order valence-electron chi connectivity index (χ1n) is 6.65. The molecule has 0 saturated carbocycles. The second-order valence-electron chi connectivity index (χ2n) is 4.61. The van der Waals surface area contributed by atoms with Crippen molar-refractivity contribution in [3.63, 3.8) is 0 Å². The summed E-state index contributed by atoms with van der Waals surface area (Å²) in [6, 6.07) is 9.04. The van der Waals surface area contributed by atoms with E-state index in [-0.39, 0.29) is 11.9 Å². The van der Waals surface area contributed by atoms with Crippen molar-refractivity contribution in [2.24, 2.45) is 0 Å². The molecule has 1 aromatic carbocycles. The lowest BCUT2D eigenvalue weighted by atomic mass is 9.98. The number of nitrogens with zero attached hydrogens (tertiary/aromatic N) is 1. The molecule has 2 aromatic rings. The van der Waals surface area contributed by atoms with Gasteiger partial charge in [0.15, 0.2) is 0 Å². The topological polar surface area (TPSA) is 34.2 Å². The molecule has 0 saturated heterocycles. The fraction of sp³-hybridized carbons (Fsp3) is 0.312. The molecule has 0 aliphatic carbocycles. The summed E-state index contributed by atoms with van der Waals surface area (Å²) in [5.41, 5.74) is 3.04. The van der Waals surface area contributed by atoms with Crippen LogP contribution in [0.15, 0.2) is 36.5 Å². The van der Waals surface area contributed by atoms with Crippen LogP contribution in [0.3, 0.4) is 0 Å². The molecule has 0 bridgehead atoms. The third kappa shape index (κ3) is 3.14. The molecular weight excluding hydrogens is 255 g/mol. The van der Waals surface area contributed by atoms with Crippen LogP contribution >= 0.6 is 0 Å². The summed E-state index contributed by atoms with van der Waals surface area (Å²) in [5.74, 6) is 0.504. The summed E-state index contributed by atoms with van der Waals surface area (Å²) in [5, 5.41) is 3.39. The highest BCUT2D eigenvalue weighted by Gasteiger charge is 2.16. The minimum Gasteiger partial charge on any atom is -0.497 e. The normalized spacial score (nSPS) is 12.2. The van der Waals surface area contributed by atoms with Gasteiger partial charge in [0.05, 0.1) is 25.0 Å². The zero-order chi connectivity index (χ0) is 14.5. The van der Waals surface area contributed by atoms with Gasteiger partial charge in [-0.05, 0) is 48.9 Å². The van der Waals surface area contributed by atoms with Gasteiger partial charge in [-0.1, -0.05) is 13.0 Å². The SMILES string of the molecule is CCNC(c1ccc(F)cn1)c1ccc(OC)cc1C. The average Bonchev–Trinajstić information content (AvgIpc) is 2.46. The molecule has 0 amide bonds. The fourth-order valence-corrected chi connectivity index (χ4v) is 2.24. The summed E-state index contributed by atoms with van der Waals surface area (Å²) in [4.78, 5) is 4.19. The number of aryl methyl sites for hydroxylation is 1. The number of benzene rings is 1. The van der Waals surface area contributed by atoms with Crippen LogP contribution in [-0.4, -0.2) is 18.6 Å². The number of ether oxygens (including phenoxy) is 1. The molecule has 20 heavy (non-hydrogen) atoms. The van der Waals surface area contributed by atoms with Gasteiger partial charge in [0.1, 0.15) is 11.6 Å². The van der Waals surface area contributed by atoms with Gasteiger partial charge in [0.2, 0.25) is 0 Å². The Labute approximate surface area is 118 Å². The summed E-state index contributed by atoms with van der Waals surface area (Å²) in [7, 11) is 1.65. The van der Waals surface area contributed by atoms with E-state index in [9.17, 15) is 4.39 Å². The number of pyridine rings is 1. The van der Waals surface area contributed by atoms with Gasteiger partial charge < -0.3 is 10.1 Å². The molecule has 1 atom stereocenters. The highest BCUT2D eigenvalue weighted by Crippen LogP contribution is 2.26. The van der Waals surface area contributed by atoms with Gasteiger partial charge in [-0.25, -0.2) is 4.39 Å². The summed E-state index contributed by atoms with van der Waals surface area (Å²) in [6.45, 7) is 4.87. The third-order valence-electron chi connectivity index (χ3n) is 3.24. The first-order valence-corrected chi connectivity index (χ1v) is 6.65. The van der Waals surface area contributed by atoms with E-state index >= 15 is 0 Å². The smallest absolute Gasteiger partial charge is 0.141 e. The van der Waals surface area contributed by atoms with Gasteiger partial charge >= 0.3 is 0 Å². The van der Waals surface area contributed by atoms with E-state index in [1.807, 2.05) is 32.0 Å². The maximum Gasteiger partial charge on any atom is 0.141 e. The zero-order valence-corrected chi connectivity index (χ0v) is 12.0. The van der Waals surface area contributed by atoms with Gasteiger partial charge in [0, 0.05) is 0 Å². The molecule has 0 radical (unpaired) electrons. The van der Waals surface area contributed by atoms with E-state index in [4.69, 9.17) is 4.74 Å². The standard InChI is InChI=1S/C16H19FN2O/c1-4-18-16(15-8-5-12(17)10-19-15)14-7-6-13(20-3)9-11(14)2/h5-10,16,18H,4H2,1-3H3. The maximum atomic E-state index is 13.0. The van der Waals surface area contributed by atoms with E-state index in [2.05, 4.69) is 10.3 Å². The molecule has 3 nitrogen and oxygen atoms in total. The minimum absolute atomic E-state index is 0.0495. The molecule has 1 heterocycles. The molecule has 0 aliphatic heterocycles. The lowest BCUT2D eigenvalue weighted by molar-refractivity contribution is 0.414. The van der Waals surface area contributed by atoms with Crippen molar-refractivity contribution in [2.75, 3.05) is 13.7 Å². The Morgan fingerprint density at radius 2 is 2.10 bits per heavy atom. The highest BCUT2D eigenvalue weighted by molar-refractivity contribution is 5.39. The summed E-state index contributed by atoms with van der Waals surface area (Å²) >= 11 is 0. The molecular formula is C16H19FN2O. The van der Waals surface area contributed by atoms with E-state index in [0.29, 0.717) is 0 Å². The van der Waals surface area contributed by atoms with Crippen molar-refractivity contribution >= 4 is 0 Å². The molecule has 1 unspecified atom stereocenters. The lowest BCUT2D eigenvalue weighted by Crippen LogP contribution is -2.23. The first kappa shape index (κ1) is 14.5. The zero-order valence-electron chi connectivity index (χ0n) is 12.0. The second kappa shape index (κ2) is 6.48. The average molecular weight is 274 g/mol. The molecule has 4 heteroatoms. The number of rotatable bonds is 5. The van der Waals surface area contributed by atoms with E-state index < -0.39 is 0 Å². The Morgan fingerprint density at radius 1 is 1.30 bits per heavy atom. The summed E-state index contributed by atoms with van der Waals surface area (Å²) < 4.78 is 18.2. The van der Waals surface area contributed by atoms with Crippen LogP contribution in [0.5, 0.6) is 5.75 Å². The van der Waals surface area contributed by atoms with Gasteiger partial charge in [-0.2, -0.15) is 0 Å². The van der Waals surface area contributed by atoms with Crippen molar-refractivity contribution in [3.05, 3.63) is 59.2 Å². The molecule has 0 fully saturated rings. The van der Waals surface area contributed by atoms with Crippen molar-refractivity contribution in [1.29, 1.82) is 0 Å². The number of nitrogens with one attached hydrogen (secondary N) is 1. The Kier molecular flexibility index (Phi) is 4.69. The second-order valence-corrected chi connectivity index (χ2v) is 4.61. The molecule has 106 valence electrons. The lowest BCUT2D eigenvalue weighted by Gasteiger charge is -2.20. The van der Waals surface area contributed by atoms with Crippen LogP contribution in [0, 0.1) is 12.7 Å². The van der Waals surface area contributed by atoms with Crippen molar-refractivity contribution in [2.45, 2.75) is 19.9 Å². The largest absolute Gasteiger partial charge is 0.497 e. The van der Waals surface area contributed by atoms with Crippen LogP contribution in [0.2, 0.25) is 0 Å². The van der Waals surface area contributed by atoms with Crippen LogP contribution in [0.1, 0.15) is 29.8 Å². The summed E-state index contributed by atoms with van der Waals surface area (Å²) in [6.07, 6.45) is 1.25. The van der Waals surface area contributed by atoms with E-state index in [0.717, 1.165) is 29.1 Å².